The Bertz CT molecular complexity index is 1370. The van der Waals surface area contributed by atoms with Crippen molar-refractivity contribution < 1.29 is 24.2 Å². The summed E-state index contributed by atoms with van der Waals surface area (Å²) in [6.45, 7) is 4.07. The summed E-state index contributed by atoms with van der Waals surface area (Å²) in [6.07, 6.45) is 91.6. The second-order valence-electron chi connectivity index (χ2n) is 21.8. The first-order valence-electron chi connectivity index (χ1n) is 32.6. The lowest BCUT2D eigenvalue weighted by Gasteiger charge is -2.15. The lowest BCUT2D eigenvalue weighted by Crippen LogP contribution is -2.28. The molecule has 0 amide bonds. The van der Waals surface area contributed by atoms with Gasteiger partial charge in [0, 0.05) is 12.8 Å². The predicted octanol–water partition coefficient (Wildman–Crippen LogP) is 22.5. The molecule has 0 heterocycles. The molecule has 434 valence electrons. The number of esters is 2. The Labute approximate surface area is 466 Å². The Kier molecular flexibility index (Phi) is 62.8. The van der Waals surface area contributed by atoms with Crippen LogP contribution < -0.4 is 0 Å². The van der Waals surface area contributed by atoms with Gasteiger partial charge in [-0.3, -0.25) is 9.59 Å². The van der Waals surface area contributed by atoms with Crippen molar-refractivity contribution in [2.24, 2.45) is 0 Å². The fourth-order valence-electron chi connectivity index (χ4n) is 9.60. The van der Waals surface area contributed by atoms with Crippen LogP contribution in [0.15, 0.2) is 85.1 Å². The zero-order valence-corrected chi connectivity index (χ0v) is 49.8. The molecule has 0 aromatic rings. The Morgan fingerprint density at radius 1 is 0.320 bits per heavy atom. The molecule has 0 saturated carbocycles. The van der Waals surface area contributed by atoms with Gasteiger partial charge in [0.15, 0.2) is 6.10 Å². The van der Waals surface area contributed by atoms with Crippen molar-refractivity contribution in [2.45, 2.75) is 335 Å². The van der Waals surface area contributed by atoms with Crippen molar-refractivity contribution in [1.29, 1.82) is 0 Å². The first-order valence-corrected chi connectivity index (χ1v) is 32.6. The highest BCUT2D eigenvalue weighted by Gasteiger charge is 2.16. The Morgan fingerprint density at radius 3 is 0.867 bits per heavy atom. The molecule has 0 aliphatic carbocycles. The van der Waals surface area contributed by atoms with Crippen LogP contribution in [0.2, 0.25) is 0 Å². The summed E-state index contributed by atoms with van der Waals surface area (Å²) >= 11 is 0. The number of allylic oxidation sites excluding steroid dienone is 14. The molecular formula is C70H124O5. The van der Waals surface area contributed by atoms with Crippen LogP contribution in [0.25, 0.3) is 0 Å². The van der Waals surface area contributed by atoms with E-state index in [4.69, 9.17) is 9.47 Å². The largest absolute Gasteiger partial charge is 0.462 e. The van der Waals surface area contributed by atoms with Crippen LogP contribution in [0.5, 0.6) is 0 Å². The molecule has 75 heavy (non-hydrogen) atoms. The number of carbonyl (C=O) groups is 2. The van der Waals surface area contributed by atoms with Crippen LogP contribution in [0.4, 0.5) is 0 Å². The molecule has 0 aromatic heterocycles. The molecular weight excluding hydrogens is 921 g/mol. The van der Waals surface area contributed by atoms with Gasteiger partial charge in [0.1, 0.15) is 6.61 Å². The lowest BCUT2D eigenvalue weighted by atomic mass is 10.0. The van der Waals surface area contributed by atoms with E-state index in [1.165, 1.54) is 218 Å². The average molecular weight is 1050 g/mol. The number of aliphatic hydroxyl groups is 1. The second kappa shape index (κ2) is 65.4. The zero-order chi connectivity index (χ0) is 54.1. The Balaban J connectivity index is 3.46. The van der Waals surface area contributed by atoms with Gasteiger partial charge in [-0.05, 0) is 70.6 Å². The van der Waals surface area contributed by atoms with Crippen molar-refractivity contribution in [3.63, 3.8) is 0 Å². The van der Waals surface area contributed by atoms with Crippen LogP contribution in [-0.4, -0.2) is 36.4 Å². The number of ether oxygens (including phenoxy) is 2. The number of aliphatic hydroxyl groups excluding tert-OH is 1. The molecule has 0 radical (unpaired) electrons. The first-order chi connectivity index (χ1) is 37.1. The second-order valence-corrected chi connectivity index (χ2v) is 21.8. The third-order valence-corrected chi connectivity index (χ3v) is 14.5. The minimum absolute atomic E-state index is 0.0633. The van der Waals surface area contributed by atoms with Gasteiger partial charge in [-0.2, -0.15) is 0 Å². The molecule has 5 nitrogen and oxygen atoms in total. The zero-order valence-electron chi connectivity index (χ0n) is 49.8. The number of hydrogen-bond acceptors (Lipinski definition) is 5. The number of rotatable bonds is 60. The van der Waals surface area contributed by atoms with E-state index in [-0.39, 0.29) is 25.2 Å². The van der Waals surface area contributed by atoms with E-state index < -0.39 is 6.10 Å². The highest BCUT2D eigenvalue weighted by molar-refractivity contribution is 5.70. The first kappa shape index (κ1) is 72.1. The predicted molar refractivity (Wildman–Crippen MR) is 329 cm³/mol. The summed E-state index contributed by atoms with van der Waals surface area (Å²) in [5.74, 6) is -0.576. The van der Waals surface area contributed by atoms with Crippen LogP contribution >= 0.6 is 0 Å². The molecule has 0 spiro atoms. The maximum absolute atomic E-state index is 12.3. The fraction of sp³-hybridized carbons (Fsp3) is 0.771. The van der Waals surface area contributed by atoms with E-state index in [1.807, 2.05) is 0 Å². The fourth-order valence-corrected chi connectivity index (χ4v) is 9.60. The summed E-state index contributed by atoms with van der Waals surface area (Å²) in [5, 5.41) is 9.69. The van der Waals surface area contributed by atoms with Gasteiger partial charge in [-0.25, -0.2) is 0 Å². The van der Waals surface area contributed by atoms with Crippen molar-refractivity contribution >= 4 is 11.9 Å². The highest BCUT2D eigenvalue weighted by Crippen LogP contribution is 2.18. The summed E-state index contributed by atoms with van der Waals surface area (Å²) < 4.78 is 10.7. The lowest BCUT2D eigenvalue weighted by molar-refractivity contribution is -0.161. The summed E-state index contributed by atoms with van der Waals surface area (Å²) in [4.78, 5) is 24.6. The van der Waals surface area contributed by atoms with Crippen molar-refractivity contribution in [1.82, 2.24) is 0 Å². The van der Waals surface area contributed by atoms with Gasteiger partial charge in [-0.15, -0.1) is 0 Å². The molecule has 0 aliphatic heterocycles. The Hall–Kier alpha value is -2.92. The van der Waals surface area contributed by atoms with E-state index in [0.717, 1.165) is 83.5 Å². The van der Waals surface area contributed by atoms with Crippen LogP contribution in [0.1, 0.15) is 328 Å². The minimum Gasteiger partial charge on any atom is -0.462 e. The molecule has 0 saturated heterocycles. The molecule has 0 bridgehead atoms. The van der Waals surface area contributed by atoms with Crippen LogP contribution in [-0.2, 0) is 19.1 Å². The molecule has 1 atom stereocenters. The molecule has 5 heteroatoms. The SMILES string of the molecule is CC/C=C\C/C=C\C/C=C\C/C=C\C/C=C\C/C=C\C/C=C\CCCCCCCCCCCCCCCCCC(=O)OC(CO)COC(=O)CCCCCCCCCCCCCCCCCCCCCCCCCC. The van der Waals surface area contributed by atoms with Gasteiger partial charge in [0.25, 0.3) is 0 Å². The molecule has 1 unspecified atom stereocenters. The van der Waals surface area contributed by atoms with Crippen molar-refractivity contribution in [3.05, 3.63) is 85.1 Å². The molecule has 0 aliphatic rings. The smallest absolute Gasteiger partial charge is 0.306 e. The standard InChI is InChI=1S/C70H124O5/c1-3-5-7-9-11-13-15-17-19-21-23-25-27-29-30-31-32-33-34-35-36-37-38-39-40-41-43-45-47-49-51-53-55-57-59-61-63-65-70(73)75-68(66-71)67-74-69(72)64-62-60-58-56-54-52-50-48-46-44-42-28-26-24-22-20-18-16-14-12-10-8-6-4-2/h5,7,11,13,17,19,23,25,29-30,32-33,35-36,68,71H,3-4,6,8-10,12,14-16,18,20-22,24,26-28,31,34,37-67H2,1-2H3/b7-5-,13-11-,19-17-,25-23-,30-29-,33-32-,36-35-. The monoisotopic (exact) mass is 1040 g/mol. The third-order valence-electron chi connectivity index (χ3n) is 14.5. The van der Waals surface area contributed by atoms with Crippen LogP contribution in [0, 0.1) is 0 Å². The van der Waals surface area contributed by atoms with E-state index in [9.17, 15) is 14.7 Å². The van der Waals surface area contributed by atoms with Crippen molar-refractivity contribution in [2.75, 3.05) is 13.2 Å². The maximum atomic E-state index is 12.3. The topological polar surface area (TPSA) is 72.8 Å². The minimum atomic E-state index is -0.774. The van der Waals surface area contributed by atoms with E-state index in [0.29, 0.717) is 12.8 Å². The van der Waals surface area contributed by atoms with Gasteiger partial charge in [0.2, 0.25) is 0 Å². The van der Waals surface area contributed by atoms with Gasteiger partial charge in [-0.1, -0.05) is 330 Å². The highest BCUT2D eigenvalue weighted by atomic mass is 16.6. The number of hydrogen-bond donors (Lipinski definition) is 1. The van der Waals surface area contributed by atoms with Crippen LogP contribution in [0.3, 0.4) is 0 Å². The summed E-state index contributed by atoms with van der Waals surface area (Å²) in [5.41, 5.74) is 0. The average Bonchev–Trinajstić information content (AvgIpc) is 3.41. The van der Waals surface area contributed by atoms with E-state index >= 15 is 0 Å². The molecule has 0 aromatic carbocycles. The van der Waals surface area contributed by atoms with Gasteiger partial charge < -0.3 is 14.6 Å². The van der Waals surface area contributed by atoms with Gasteiger partial charge in [0.05, 0.1) is 6.61 Å². The number of carbonyl (C=O) groups excluding carboxylic acids is 2. The van der Waals surface area contributed by atoms with Gasteiger partial charge >= 0.3 is 11.9 Å². The maximum Gasteiger partial charge on any atom is 0.306 e. The van der Waals surface area contributed by atoms with Crippen molar-refractivity contribution in [3.8, 4) is 0 Å². The summed E-state index contributed by atoms with van der Waals surface area (Å²) in [6, 6.07) is 0. The Morgan fingerprint density at radius 2 is 0.573 bits per heavy atom. The van der Waals surface area contributed by atoms with E-state index in [2.05, 4.69) is 98.9 Å². The normalized spacial score (nSPS) is 12.7. The molecule has 1 N–H and O–H groups in total. The third kappa shape index (κ3) is 63.5. The molecule has 0 fully saturated rings. The summed E-state index contributed by atoms with van der Waals surface area (Å²) in [7, 11) is 0. The van der Waals surface area contributed by atoms with E-state index in [1.54, 1.807) is 0 Å². The number of unbranched alkanes of at least 4 members (excludes halogenated alkanes) is 38. The quantitative estimate of drug-likeness (QED) is 0.0373. The molecule has 0 rings (SSSR count).